The minimum Gasteiger partial charge on any atom is -0.340 e. The zero-order valence-electron chi connectivity index (χ0n) is 11.7. The second kappa shape index (κ2) is 7.88. The largest absolute Gasteiger partial charge is 0.340 e. The Hall–Kier alpha value is -1.35. The normalized spacial score (nSPS) is 10.7. The third kappa shape index (κ3) is 5.32. The van der Waals surface area contributed by atoms with Gasteiger partial charge in [0.05, 0.1) is 6.54 Å². The second-order valence-corrected chi connectivity index (χ2v) is 4.83. The van der Waals surface area contributed by atoms with Gasteiger partial charge in [-0.1, -0.05) is 43.7 Å². The molecule has 1 rings (SSSR count). The molecule has 0 unspecified atom stereocenters. The molecule has 0 heterocycles. The predicted octanol–water partition coefficient (Wildman–Crippen LogP) is 2.38. The molecule has 1 aromatic carbocycles. The van der Waals surface area contributed by atoms with Gasteiger partial charge < -0.3 is 4.90 Å². The van der Waals surface area contributed by atoms with E-state index in [0.29, 0.717) is 13.1 Å². The van der Waals surface area contributed by atoms with Crippen molar-refractivity contribution in [2.24, 2.45) is 0 Å². The Morgan fingerprint density at radius 1 is 1.17 bits per heavy atom. The first kappa shape index (κ1) is 14.7. The monoisotopic (exact) mass is 248 g/mol. The maximum absolute atomic E-state index is 12.0. The van der Waals surface area contributed by atoms with Crippen LogP contribution < -0.4 is 0 Å². The van der Waals surface area contributed by atoms with Gasteiger partial charge in [-0.25, -0.2) is 0 Å². The highest BCUT2D eigenvalue weighted by molar-refractivity contribution is 5.77. The molecule has 0 saturated heterocycles. The average Bonchev–Trinajstić information content (AvgIpc) is 2.37. The summed E-state index contributed by atoms with van der Waals surface area (Å²) in [6.07, 6.45) is 2.31. The van der Waals surface area contributed by atoms with Crippen LogP contribution in [0.25, 0.3) is 0 Å². The number of amides is 1. The van der Waals surface area contributed by atoms with E-state index in [0.717, 1.165) is 13.0 Å². The van der Waals surface area contributed by atoms with Crippen molar-refractivity contribution in [2.45, 2.75) is 26.3 Å². The van der Waals surface area contributed by atoms with Gasteiger partial charge in [0.25, 0.3) is 0 Å². The van der Waals surface area contributed by atoms with E-state index in [-0.39, 0.29) is 5.91 Å². The molecule has 0 saturated carbocycles. The van der Waals surface area contributed by atoms with Crippen molar-refractivity contribution in [1.82, 2.24) is 9.80 Å². The Balaban J connectivity index is 2.37. The average molecular weight is 248 g/mol. The summed E-state index contributed by atoms with van der Waals surface area (Å²) in [5.74, 6) is 0.178. The quantitative estimate of drug-likeness (QED) is 0.739. The lowest BCUT2D eigenvalue weighted by molar-refractivity contribution is -0.131. The van der Waals surface area contributed by atoms with Crippen LogP contribution in [0.1, 0.15) is 25.3 Å². The fraction of sp³-hybridized carbons (Fsp3) is 0.533. The molecule has 0 aliphatic rings. The summed E-state index contributed by atoms with van der Waals surface area (Å²) in [6, 6.07) is 10.1. The molecule has 0 aliphatic heterocycles. The molecule has 100 valence electrons. The highest BCUT2D eigenvalue weighted by Crippen LogP contribution is 2.03. The fourth-order valence-corrected chi connectivity index (χ4v) is 1.80. The van der Waals surface area contributed by atoms with Crippen molar-refractivity contribution in [1.29, 1.82) is 0 Å². The lowest BCUT2D eigenvalue weighted by atomic mass is 10.2. The van der Waals surface area contributed by atoms with Crippen LogP contribution in [0.4, 0.5) is 0 Å². The number of unbranched alkanes of at least 4 members (excludes halogenated alkanes) is 1. The van der Waals surface area contributed by atoms with E-state index in [1.807, 2.05) is 44.4 Å². The molecule has 18 heavy (non-hydrogen) atoms. The number of benzene rings is 1. The highest BCUT2D eigenvalue weighted by Gasteiger charge is 2.11. The second-order valence-electron chi connectivity index (χ2n) is 4.83. The van der Waals surface area contributed by atoms with Crippen molar-refractivity contribution < 1.29 is 4.79 Å². The van der Waals surface area contributed by atoms with Gasteiger partial charge in [0.15, 0.2) is 0 Å². The first-order valence-corrected chi connectivity index (χ1v) is 6.60. The number of carbonyl (C=O) groups is 1. The third-order valence-electron chi connectivity index (χ3n) is 2.99. The minimum atomic E-state index is 0.178. The van der Waals surface area contributed by atoms with Crippen molar-refractivity contribution in [2.75, 3.05) is 27.2 Å². The number of hydrogen-bond donors (Lipinski definition) is 0. The Bertz CT molecular complexity index is 351. The predicted molar refractivity (Wildman–Crippen MR) is 75.3 cm³/mol. The van der Waals surface area contributed by atoms with Crippen LogP contribution in [0.15, 0.2) is 30.3 Å². The number of nitrogens with zero attached hydrogens (tertiary/aromatic N) is 2. The molecule has 1 aromatic rings. The van der Waals surface area contributed by atoms with Crippen molar-refractivity contribution in [3.05, 3.63) is 35.9 Å². The van der Waals surface area contributed by atoms with E-state index >= 15 is 0 Å². The molecule has 3 heteroatoms. The van der Waals surface area contributed by atoms with Crippen LogP contribution in [0.2, 0.25) is 0 Å². The zero-order valence-corrected chi connectivity index (χ0v) is 11.7. The van der Waals surface area contributed by atoms with Crippen molar-refractivity contribution >= 4 is 5.91 Å². The van der Waals surface area contributed by atoms with Gasteiger partial charge in [0.1, 0.15) is 0 Å². The van der Waals surface area contributed by atoms with Crippen LogP contribution in [-0.2, 0) is 11.3 Å². The van der Waals surface area contributed by atoms with E-state index < -0.39 is 0 Å². The summed E-state index contributed by atoms with van der Waals surface area (Å²) >= 11 is 0. The van der Waals surface area contributed by atoms with E-state index in [4.69, 9.17) is 0 Å². The summed E-state index contributed by atoms with van der Waals surface area (Å²) in [4.78, 5) is 15.9. The Labute approximate surface area is 110 Å². The van der Waals surface area contributed by atoms with Crippen molar-refractivity contribution in [3.8, 4) is 0 Å². The van der Waals surface area contributed by atoms with Crippen molar-refractivity contribution in [3.63, 3.8) is 0 Å². The first-order chi connectivity index (χ1) is 8.63. The van der Waals surface area contributed by atoms with Crippen LogP contribution in [-0.4, -0.2) is 42.9 Å². The number of rotatable bonds is 7. The SMILES string of the molecule is CCCCN(C)CC(=O)N(C)Cc1ccccc1. The van der Waals surface area contributed by atoms with E-state index in [2.05, 4.69) is 11.8 Å². The molecule has 1 amide bonds. The van der Waals surface area contributed by atoms with E-state index in [1.165, 1.54) is 12.0 Å². The summed E-state index contributed by atoms with van der Waals surface area (Å²) in [5, 5.41) is 0. The van der Waals surface area contributed by atoms with Gasteiger partial charge in [0.2, 0.25) is 5.91 Å². The maximum atomic E-state index is 12.0. The minimum absolute atomic E-state index is 0.178. The smallest absolute Gasteiger partial charge is 0.236 e. The lowest BCUT2D eigenvalue weighted by Crippen LogP contribution is -2.36. The maximum Gasteiger partial charge on any atom is 0.236 e. The van der Waals surface area contributed by atoms with E-state index in [9.17, 15) is 4.79 Å². The van der Waals surface area contributed by atoms with Crippen LogP contribution >= 0.6 is 0 Å². The molecule has 0 atom stereocenters. The van der Waals surface area contributed by atoms with Gasteiger partial charge in [-0.15, -0.1) is 0 Å². The summed E-state index contributed by atoms with van der Waals surface area (Å²) in [7, 11) is 3.87. The summed E-state index contributed by atoms with van der Waals surface area (Å²) in [5.41, 5.74) is 1.17. The standard InChI is InChI=1S/C15H24N2O/c1-4-5-11-16(2)13-15(18)17(3)12-14-9-7-6-8-10-14/h6-10H,4-5,11-13H2,1-3H3. The molecule has 3 nitrogen and oxygen atoms in total. The molecule has 0 spiro atoms. The molecular weight excluding hydrogens is 224 g/mol. The van der Waals surface area contributed by atoms with Crippen LogP contribution in [0.5, 0.6) is 0 Å². The number of likely N-dealkylation sites (N-methyl/N-ethyl adjacent to an activating group) is 2. The molecule has 0 aliphatic carbocycles. The molecule has 0 radical (unpaired) electrons. The fourth-order valence-electron chi connectivity index (χ4n) is 1.80. The van der Waals surface area contributed by atoms with Gasteiger partial charge >= 0.3 is 0 Å². The van der Waals surface area contributed by atoms with Gasteiger partial charge in [-0.05, 0) is 25.6 Å². The van der Waals surface area contributed by atoms with Gasteiger partial charge in [-0.2, -0.15) is 0 Å². The number of hydrogen-bond acceptors (Lipinski definition) is 2. The highest BCUT2D eigenvalue weighted by atomic mass is 16.2. The molecular formula is C15H24N2O. The molecule has 0 bridgehead atoms. The first-order valence-electron chi connectivity index (χ1n) is 6.60. The van der Waals surface area contributed by atoms with Gasteiger partial charge in [-0.3, -0.25) is 9.69 Å². The molecule has 0 fully saturated rings. The lowest BCUT2D eigenvalue weighted by Gasteiger charge is -2.21. The third-order valence-corrected chi connectivity index (χ3v) is 2.99. The van der Waals surface area contributed by atoms with Crippen LogP contribution in [0, 0.1) is 0 Å². The molecule has 0 N–H and O–H groups in total. The Kier molecular flexibility index (Phi) is 6.44. The summed E-state index contributed by atoms with van der Waals surface area (Å²) in [6.45, 7) is 4.34. The Morgan fingerprint density at radius 2 is 1.83 bits per heavy atom. The van der Waals surface area contributed by atoms with Gasteiger partial charge in [0, 0.05) is 13.6 Å². The Morgan fingerprint density at radius 3 is 2.44 bits per heavy atom. The zero-order chi connectivity index (χ0) is 13.4. The number of carbonyl (C=O) groups excluding carboxylic acids is 1. The summed E-state index contributed by atoms with van der Waals surface area (Å²) < 4.78 is 0. The van der Waals surface area contributed by atoms with Crippen LogP contribution in [0.3, 0.4) is 0 Å². The molecule has 0 aromatic heterocycles. The van der Waals surface area contributed by atoms with E-state index in [1.54, 1.807) is 4.90 Å². The topological polar surface area (TPSA) is 23.6 Å².